The molecule has 2 rings (SSSR count). The van der Waals surface area contributed by atoms with Crippen molar-refractivity contribution in [2.75, 3.05) is 0 Å². The Bertz CT molecular complexity index is 640. The maximum Gasteiger partial charge on any atom is 0.241 e. The van der Waals surface area contributed by atoms with Crippen molar-refractivity contribution >= 4 is 18.0 Å². The minimum Gasteiger partial charge on any atom is -0.437 e. The van der Waals surface area contributed by atoms with Gasteiger partial charge in [-0.15, -0.1) is 5.10 Å². The number of rotatable bonds is 7. The van der Waals surface area contributed by atoms with E-state index in [0.29, 0.717) is 23.1 Å². The summed E-state index contributed by atoms with van der Waals surface area (Å²) in [6.45, 7) is 6.11. The first-order valence-electron chi connectivity index (χ1n) is 7.27. The first-order valence-corrected chi connectivity index (χ1v) is 7.64. The molecule has 2 N–H and O–H groups in total. The second-order valence-corrected chi connectivity index (χ2v) is 5.78. The standard InChI is InChI=1S/C16H20ClN3O2/c1-4-13-15(14(10(2)3)18-9-21)19-20-16(13)22-12-7-5-6-11(17)8-12/h5-10,14H,4H2,1-3H3,(H,18,21)(H,19,20). The van der Waals surface area contributed by atoms with Crippen LogP contribution in [0.3, 0.4) is 0 Å². The monoisotopic (exact) mass is 321 g/mol. The van der Waals surface area contributed by atoms with E-state index in [9.17, 15) is 4.79 Å². The van der Waals surface area contributed by atoms with Gasteiger partial charge in [0.05, 0.1) is 11.7 Å². The van der Waals surface area contributed by atoms with E-state index in [0.717, 1.165) is 17.7 Å². The molecule has 5 nitrogen and oxygen atoms in total. The molecule has 0 saturated heterocycles. The molecule has 6 heteroatoms. The number of carbonyl (C=O) groups excluding carboxylic acids is 1. The molecular formula is C16H20ClN3O2. The van der Waals surface area contributed by atoms with Crippen molar-refractivity contribution in [2.45, 2.75) is 33.2 Å². The van der Waals surface area contributed by atoms with Crippen molar-refractivity contribution < 1.29 is 9.53 Å². The van der Waals surface area contributed by atoms with Crippen LogP contribution in [0.4, 0.5) is 0 Å². The molecule has 118 valence electrons. The van der Waals surface area contributed by atoms with Crippen LogP contribution in [-0.4, -0.2) is 16.6 Å². The van der Waals surface area contributed by atoms with Gasteiger partial charge in [0.1, 0.15) is 5.75 Å². The number of aromatic amines is 1. The molecule has 1 amide bonds. The fourth-order valence-corrected chi connectivity index (χ4v) is 2.55. The lowest BCUT2D eigenvalue weighted by atomic mass is 9.97. The molecule has 0 spiro atoms. The van der Waals surface area contributed by atoms with Gasteiger partial charge in [0, 0.05) is 10.6 Å². The summed E-state index contributed by atoms with van der Waals surface area (Å²) in [5.41, 5.74) is 1.83. The highest BCUT2D eigenvalue weighted by atomic mass is 35.5. The first kappa shape index (κ1) is 16.4. The van der Waals surface area contributed by atoms with Crippen molar-refractivity contribution in [1.29, 1.82) is 0 Å². The summed E-state index contributed by atoms with van der Waals surface area (Å²) in [6, 6.07) is 7.04. The number of carbonyl (C=O) groups is 1. The number of hydrogen-bond acceptors (Lipinski definition) is 3. The summed E-state index contributed by atoms with van der Waals surface area (Å²) in [7, 11) is 0. The van der Waals surface area contributed by atoms with Gasteiger partial charge in [0.25, 0.3) is 0 Å². The smallest absolute Gasteiger partial charge is 0.241 e. The molecule has 2 aromatic rings. The molecule has 0 saturated carbocycles. The predicted molar refractivity (Wildman–Crippen MR) is 86.3 cm³/mol. The fourth-order valence-electron chi connectivity index (χ4n) is 2.37. The van der Waals surface area contributed by atoms with E-state index in [4.69, 9.17) is 16.3 Å². The zero-order valence-corrected chi connectivity index (χ0v) is 13.6. The summed E-state index contributed by atoms with van der Waals surface area (Å²) >= 11 is 5.97. The minimum absolute atomic E-state index is 0.128. The molecule has 0 radical (unpaired) electrons. The number of ether oxygens (including phenoxy) is 1. The second-order valence-electron chi connectivity index (χ2n) is 5.34. The lowest BCUT2D eigenvalue weighted by Crippen LogP contribution is -2.25. The Morgan fingerprint density at radius 3 is 2.82 bits per heavy atom. The number of benzene rings is 1. The third-order valence-electron chi connectivity index (χ3n) is 3.45. The number of amides is 1. The highest BCUT2D eigenvalue weighted by Gasteiger charge is 2.23. The fraction of sp³-hybridized carbons (Fsp3) is 0.375. The van der Waals surface area contributed by atoms with Gasteiger partial charge < -0.3 is 10.1 Å². The molecule has 0 aliphatic rings. The van der Waals surface area contributed by atoms with Gasteiger partial charge in [-0.25, -0.2) is 0 Å². The Kier molecular flexibility index (Phi) is 5.44. The highest BCUT2D eigenvalue weighted by molar-refractivity contribution is 6.30. The van der Waals surface area contributed by atoms with Crippen LogP contribution in [0.25, 0.3) is 0 Å². The third-order valence-corrected chi connectivity index (χ3v) is 3.69. The topological polar surface area (TPSA) is 67.0 Å². The van der Waals surface area contributed by atoms with Crippen LogP contribution in [0.5, 0.6) is 11.6 Å². The molecule has 0 aliphatic heterocycles. The Balaban J connectivity index is 2.32. The zero-order valence-electron chi connectivity index (χ0n) is 12.9. The quantitative estimate of drug-likeness (QED) is 0.761. The van der Waals surface area contributed by atoms with Gasteiger partial charge >= 0.3 is 0 Å². The molecule has 1 atom stereocenters. The van der Waals surface area contributed by atoms with Gasteiger partial charge in [0.2, 0.25) is 12.3 Å². The van der Waals surface area contributed by atoms with Crippen molar-refractivity contribution in [3.63, 3.8) is 0 Å². The first-order chi connectivity index (χ1) is 10.6. The normalized spacial score (nSPS) is 12.2. The van der Waals surface area contributed by atoms with Crippen molar-refractivity contribution in [3.05, 3.63) is 40.5 Å². The van der Waals surface area contributed by atoms with Crippen LogP contribution >= 0.6 is 11.6 Å². The van der Waals surface area contributed by atoms with E-state index in [1.54, 1.807) is 12.1 Å². The maximum atomic E-state index is 10.8. The van der Waals surface area contributed by atoms with Crippen LogP contribution < -0.4 is 10.1 Å². The Labute approximate surface area is 135 Å². The lowest BCUT2D eigenvalue weighted by Gasteiger charge is -2.19. The average molecular weight is 322 g/mol. The Hall–Kier alpha value is -2.01. The molecule has 22 heavy (non-hydrogen) atoms. The van der Waals surface area contributed by atoms with Crippen molar-refractivity contribution in [2.24, 2.45) is 5.92 Å². The zero-order chi connectivity index (χ0) is 16.1. The van der Waals surface area contributed by atoms with Gasteiger partial charge in [-0.2, -0.15) is 0 Å². The summed E-state index contributed by atoms with van der Waals surface area (Å²) in [4.78, 5) is 10.8. The number of nitrogens with one attached hydrogen (secondary N) is 2. The third kappa shape index (κ3) is 3.60. The van der Waals surface area contributed by atoms with E-state index in [-0.39, 0.29) is 12.0 Å². The SMILES string of the molecule is CCc1c(Oc2cccc(Cl)c2)n[nH]c1C(NC=O)C(C)C. The second kappa shape index (κ2) is 7.31. The van der Waals surface area contributed by atoms with E-state index in [1.807, 2.05) is 32.9 Å². The number of hydrogen-bond donors (Lipinski definition) is 2. The van der Waals surface area contributed by atoms with E-state index < -0.39 is 0 Å². The molecule has 0 bridgehead atoms. The van der Waals surface area contributed by atoms with Crippen LogP contribution in [-0.2, 0) is 11.2 Å². The minimum atomic E-state index is -0.128. The number of halogens is 1. The lowest BCUT2D eigenvalue weighted by molar-refractivity contribution is -0.110. The van der Waals surface area contributed by atoms with Crippen LogP contribution in [0.15, 0.2) is 24.3 Å². The van der Waals surface area contributed by atoms with Crippen LogP contribution in [0.2, 0.25) is 5.02 Å². The number of nitrogens with zero attached hydrogens (tertiary/aromatic N) is 1. The number of H-pyrrole nitrogens is 1. The molecule has 0 aliphatic carbocycles. The van der Waals surface area contributed by atoms with Crippen molar-refractivity contribution in [1.82, 2.24) is 15.5 Å². The molecular weight excluding hydrogens is 302 g/mol. The summed E-state index contributed by atoms with van der Waals surface area (Å²) in [6.07, 6.45) is 1.45. The van der Waals surface area contributed by atoms with Gasteiger partial charge in [-0.1, -0.05) is 38.4 Å². The maximum absolute atomic E-state index is 10.8. The molecule has 1 heterocycles. The predicted octanol–water partition coefficient (Wildman–Crippen LogP) is 3.86. The van der Waals surface area contributed by atoms with E-state index in [2.05, 4.69) is 15.5 Å². The summed E-state index contributed by atoms with van der Waals surface area (Å²) < 4.78 is 5.83. The van der Waals surface area contributed by atoms with Gasteiger partial charge in [0.15, 0.2) is 0 Å². The largest absolute Gasteiger partial charge is 0.437 e. The van der Waals surface area contributed by atoms with Crippen LogP contribution in [0, 0.1) is 5.92 Å². The van der Waals surface area contributed by atoms with Crippen LogP contribution in [0.1, 0.15) is 38.1 Å². The highest BCUT2D eigenvalue weighted by Crippen LogP contribution is 2.32. The molecule has 0 fully saturated rings. The van der Waals surface area contributed by atoms with Gasteiger partial charge in [-0.05, 0) is 30.5 Å². The molecule has 1 aromatic carbocycles. The van der Waals surface area contributed by atoms with Crippen molar-refractivity contribution in [3.8, 4) is 11.6 Å². The summed E-state index contributed by atoms with van der Waals surface area (Å²) in [5, 5.41) is 10.7. The molecule has 1 unspecified atom stereocenters. The van der Waals surface area contributed by atoms with E-state index >= 15 is 0 Å². The van der Waals surface area contributed by atoms with E-state index in [1.165, 1.54) is 0 Å². The Morgan fingerprint density at radius 2 is 2.23 bits per heavy atom. The number of aromatic nitrogens is 2. The molecule has 1 aromatic heterocycles. The summed E-state index contributed by atoms with van der Waals surface area (Å²) in [5.74, 6) is 1.37. The average Bonchev–Trinajstić information content (AvgIpc) is 2.86. The van der Waals surface area contributed by atoms with Gasteiger partial charge in [-0.3, -0.25) is 9.89 Å². The Morgan fingerprint density at radius 1 is 1.45 bits per heavy atom.